The molecule has 10 heteroatoms. The molecule has 0 bridgehead atoms. The number of halogens is 1. The van der Waals surface area contributed by atoms with E-state index in [4.69, 9.17) is 5.10 Å². The number of benzene rings is 3. The van der Waals surface area contributed by atoms with Crippen LogP contribution < -0.4 is 4.90 Å². The minimum absolute atomic E-state index is 0.0515. The van der Waals surface area contributed by atoms with Gasteiger partial charge in [-0.25, -0.2) is 9.91 Å². The summed E-state index contributed by atoms with van der Waals surface area (Å²) in [5, 5.41) is 16.1. The van der Waals surface area contributed by atoms with Gasteiger partial charge in [0.25, 0.3) is 17.7 Å². The van der Waals surface area contributed by atoms with Crippen molar-refractivity contribution in [1.82, 2.24) is 10.0 Å². The number of hydrogen-bond donors (Lipinski definition) is 0. The molecule has 2 fully saturated rings. The molecule has 42 heavy (non-hydrogen) atoms. The van der Waals surface area contributed by atoms with Gasteiger partial charge in [-0.1, -0.05) is 81.8 Å². The first-order valence-corrected chi connectivity index (χ1v) is 14.8. The topological polar surface area (TPSA) is 98.0 Å². The van der Waals surface area contributed by atoms with Gasteiger partial charge in [-0.05, 0) is 66.3 Å². The number of hydrazone groups is 1. The van der Waals surface area contributed by atoms with Gasteiger partial charge >= 0.3 is 0 Å². The highest BCUT2D eigenvalue weighted by molar-refractivity contribution is 9.10. The lowest BCUT2D eigenvalue weighted by molar-refractivity contribution is -0.136. The zero-order chi connectivity index (χ0) is 28.8. The van der Waals surface area contributed by atoms with Crippen molar-refractivity contribution in [2.24, 2.45) is 21.4 Å². The Labute approximate surface area is 251 Å². The predicted molar refractivity (Wildman–Crippen MR) is 161 cm³/mol. The highest BCUT2D eigenvalue weighted by Crippen LogP contribution is 2.44. The second-order valence-electron chi connectivity index (χ2n) is 10.8. The van der Waals surface area contributed by atoms with E-state index in [9.17, 15) is 14.4 Å². The molecular formula is C32H27BrN6O3. The molecule has 3 aromatic rings. The molecule has 0 aromatic heterocycles. The average molecular weight is 624 g/mol. The number of allylic oxidation sites excluding steroid dienone is 1. The molecule has 0 spiro atoms. The molecule has 1 saturated heterocycles. The van der Waals surface area contributed by atoms with Crippen LogP contribution in [0.15, 0.2) is 110 Å². The van der Waals surface area contributed by atoms with Gasteiger partial charge < -0.3 is 0 Å². The summed E-state index contributed by atoms with van der Waals surface area (Å²) < 4.78 is 0.833. The van der Waals surface area contributed by atoms with Crippen LogP contribution in [0.25, 0.3) is 6.08 Å². The minimum atomic E-state index is -0.980. The van der Waals surface area contributed by atoms with Gasteiger partial charge in [0.15, 0.2) is 12.1 Å². The van der Waals surface area contributed by atoms with Gasteiger partial charge in [0.05, 0.1) is 17.4 Å². The number of hydrogen-bond acceptors (Lipinski definition) is 7. The summed E-state index contributed by atoms with van der Waals surface area (Å²) in [6.07, 6.45) is 4.97. The summed E-state index contributed by atoms with van der Waals surface area (Å²) in [5.74, 6) is -1.14. The maximum absolute atomic E-state index is 14.0. The number of fused-ring (bicyclic) bond motifs is 2. The summed E-state index contributed by atoms with van der Waals surface area (Å²) >= 11 is 3.38. The van der Waals surface area contributed by atoms with Crippen LogP contribution in [-0.4, -0.2) is 52.1 Å². The zero-order valence-electron chi connectivity index (χ0n) is 22.6. The number of carbonyl (C=O) groups is 3. The van der Waals surface area contributed by atoms with Crippen LogP contribution in [-0.2, 0) is 14.4 Å². The Morgan fingerprint density at radius 2 is 1.62 bits per heavy atom. The summed E-state index contributed by atoms with van der Waals surface area (Å²) in [5.41, 5.74) is 4.63. The molecule has 1 aliphatic carbocycles. The van der Waals surface area contributed by atoms with Crippen LogP contribution in [0.5, 0.6) is 0 Å². The first kappa shape index (κ1) is 26.5. The van der Waals surface area contributed by atoms with E-state index in [0.717, 1.165) is 51.0 Å². The summed E-state index contributed by atoms with van der Waals surface area (Å²) in [4.78, 5) is 41.8. The van der Waals surface area contributed by atoms with Gasteiger partial charge in [0.2, 0.25) is 0 Å². The molecule has 0 N–H and O–H groups in total. The molecule has 3 amide bonds. The highest BCUT2D eigenvalue weighted by atomic mass is 79.9. The monoisotopic (exact) mass is 622 g/mol. The molecule has 4 aliphatic rings. The van der Waals surface area contributed by atoms with Gasteiger partial charge in [-0.2, -0.15) is 10.2 Å². The van der Waals surface area contributed by atoms with E-state index in [1.54, 1.807) is 29.3 Å². The van der Waals surface area contributed by atoms with Crippen LogP contribution in [0.4, 0.5) is 5.69 Å². The van der Waals surface area contributed by atoms with E-state index < -0.39 is 23.9 Å². The van der Waals surface area contributed by atoms with Gasteiger partial charge in [0.1, 0.15) is 6.54 Å². The van der Waals surface area contributed by atoms with Crippen molar-refractivity contribution in [2.75, 3.05) is 11.4 Å². The van der Waals surface area contributed by atoms with Crippen molar-refractivity contribution in [3.8, 4) is 0 Å². The first-order valence-electron chi connectivity index (χ1n) is 14.0. The third-order valence-electron chi connectivity index (χ3n) is 8.28. The van der Waals surface area contributed by atoms with E-state index >= 15 is 0 Å². The lowest BCUT2D eigenvalue weighted by Gasteiger charge is -2.30. The van der Waals surface area contributed by atoms with Gasteiger partial charge in [-0.15, -0.1) is 0 Å². The number of anilines is 1. The third kappa shape index (κ3) is 4.56. The third-order valence-corrected chi connectivity index (χ3v) is 8.81. The van der Waals surface area contributed by atoms with E-state index in [0.29, 0.717) is 5.69 Å². The molecule has 9 nitrogen and oxygen atoms in total. The van der Waals surface area contributed by atoms with E-state index in [1.807, 2.05) is 48.5 Å². The van der Waals surface area contributed by atoms with Crippen molar-refractivity contribution in [2.45, 2.75) is 37.4 Å². The standard InChI is InChI=1S/C32H27BrN6O3/c33-23-14-16-24(17-15-23)38-31(41)28-30(32(38)42)37(36-34-28)19-26(40)39-29(21-10-5-2-6-11-21)25-13-7-12-22(27(25)35-39)18-20-8-3-1-4-9-20/h1-6,8-11,14-18,25,28-30H,7,12-13,19H2/b22-18-/t25-,28+,29-,30-/m0/s1. The predicted octanol–water partition coefficient (Wildman–Crippen LogP) is 5.57. The molecule has 4 atom stereocenters. The minimum Gasteiger partial charge on any atom is -0.271 e. The Hall–Kier alpha value is -4.44. The fourth-order valence-electron chi connectivity index (χ4n) is 6.35. The summed E-state index contributed by atoms with van der Waals surface area (Å²) in [6.45, 7) is -0.220. The first-order chi connectivity index (χ1) is 20.5. The van der Waals surface area contributed by atoms with Gasteiger partial charge in [0, 0.05) is 10.4 Å². The van der Waals surface area contributed by atoms with Crippen LogP contribution >= 0.6 is 15.9 Å². The number of nitrogens with zero attached hydrogens (tertiary/aromatic N) is 6. The SMILES string of the molecule is O=C1[C@@H]2[C@@H](N=NN2CC(=O)N2N=C3/C(=C\c4ccccc4)CCC[C@@H]3[C@@H]2c2ccccc2)C(=O)N1c1ccc(Br)cc1. The van der Waals surface area contributed by atoms with Crippen LogP contribution in [0.1, 0.15) is 36.4 Å². The lowest BCUT2D eigenvalue weighted by atomic mass is 9.77. The Kier molecular flexibility index (Phi) is 6.78. The Bertz CT molecular complexity index is 1640. The number of amides is 3. The smallest absolute Gasteiger partial charge is 0.264 e. The Morgan fingerprint density at radius 1 is 0.905 bits per heavy atom. The molecule has 7 rings (SSSR count). The quantitative estimate of drug-likeness (QED) is 0.348. The van der Waals surface area contributed by atoms with Crippen LogP contribution in [0, 0.1) is 5.92 Å². The van der Waals surface area contributed by atoms with Crippen molar-refractivity contribution < 1.29 is 14.4 Å². The zero-order valence-corrected chi connectivity index (χ0v) is 24.2. The van der Waals surface area contributed by atoms with Crippen LogP contribution in [0.3, 0.4) is 0 Å². The van der Waals surface area contributed by atoms with Gasteiger partial charge in [-0.3, -0.25) is 19.4 Å². The highest BCUT2D eigenvalue weighted by Gasteiger charge is 2.55. The molecule has 0 unspecified atom stereocenters. The van der Waals surface area contributed by atoms with Crippen molar-refractivity contribution in [1.29, 1.82) is 0 Å². The number of carbonyl (C=O) groups excluding carboxylic acids is 3. The molecular weight excluding hydrogens is 596 g/mol. The average Bonchev–Trinajstić information content (AvgIpc) is 3.68. The molecule has 1 saturated carbocycles. The molecule has 3 aliphatic heterocycles. The van der Waals surface area contributed by atoms with E-state index in [1.165, 1.54) is 5.01 Å². The molecule has 0 radical (unpaired) electrons. The Balaban J connectivity index is 1.18. The van der Waals surface area contributed by atoms with E-state index in [2.05, 4.69) is 44.5 Å². The summed E-state index contributed by atoms with van der Waals surface area (Å²) in [7, 11) is 0. The second-order valence-corrected chi connectivity index (χ2v) is 11.8. The fraction of sp³-hybridized carbons (Fsp3) is 0.250. The number of imide groups is 1. The summed E-state index contributed by atoms with van der Waals surface area (Å²) in [6, 6.07) is 24.8. The molecule has 3 heterocycles. The lowest BCUT2D eigenvalue weighted by Crippen LogP contribution is -2.45. The molecule has 3 aromatic carbocycles. The Morgan fingerprint density at radius 3 is 2.36 bits per heavy atom. The maximum atomic E-state index is 14.0. The largest absolute Gasteiger partial charge is 0.271 e. The normalized spacial score (nSPS) is 25.7. The maximum Gasteiger partial charge on any atom is 0.264 e. The van der Waals surface area contributed by atoms with Crippen molar-refractivity contribution in [3.05, 3.63) is 106 Å². The van der Waals surface area contributed by atoms with Crippen molar-refractivity contribution >= 4 is 51.1 Å². The molecule has 210 valence electrons. The van der Waals surface area contributed by atoms with Crippen LogP contribution in [0.2, 0.25) is 0 Å². The van der Waals surface area contributed by atoms with Crippen molar-refractivity contribution in [3.63, 3.8) is 0 Å². The fourth-order valence-corrected chi connectivity index (χ4v) is 6.61. The second kappa shape index (κ2) is 10.8. The number of rotatable bonds is 5. The van der Waals surface area contributed by atoms with E-state index in [-0.39, 0.29) is 24.4 Å².